The highest BCUT2D eigenvalue weighted by atomic mass is 16.6. The van der Waals surface area contributed by atoms with E-state index in [2.05, 4.69) is 23.1 Å². The van der Waals surface area contributed by atoms with Crippen molar-refractivity contribution >= 4 is 0 Å². The van der Waals surface area contributed by atoms with Crippen LogP contribution < -0.4 is 5.90 Å². The van der Waals surface area contributed by atoms with Crippen LogP contribution in [-0.2, 0) is 22.7 Å². The maximum Gasteiger partial charge on any atom is 0.0933 e. The summed E-state index contributed by atoms with van der Waals surface area (Å²) < 4.78 is 5.33. The number of rotatable bonds is 4. The van der Waals surface area contributed by atoms with Crippen LogP contribution in [0.15, 0.2) is 24.3 Å². The minimum absolute atomic E-state index is 0.473. The lowest BCUT2D eigenvalue weighted by atomic mass is 10.1. The Labute approximate surface area is 95.9 Å². The third-order valence-corrected chi connectivity index (χ3v) is 2.85. The van der Waals surface area contributed by atoms with Gasteiger partial charge in [0.05, 0.1) is 19.8 Å². The van der Waals surface area contributed by atoms with Gasteiger partial charge in [0.15, 0.2) is 0 Å². The SMILES string of the molecule is NOCc1ccccc1CN1CCOCC1. The van der Waals surface area contributed by atoms with Crippen molar-refractivity contribution in [3.8, 4) is 0 Å². The molecular weight excluding hydrogens is 204 g/mol. The Bertz CT molecular complexity index is 325. The summed E-state index contributed by atoms with van der Waals surface area (Å²) in [7, 11) is 0. The number of morpholine rings is 1. The van der Waals surface area contributed by atoms with E-state index in [0.717, 1.165) is 38.4 Å². The molecule has 2 rings (SSSR count). The maximum absolute atomic E-state index is 5.33. The predicted molar refractivity (Wildman–Crippen MR) is 61.5 cm³/mol. The van der Waals surface area contributed by atoms with E-state index in [1.807, 2.05) is 6.07 Å². The lowest BCUT2D eigenvalue weighted by molar-refractivity contribution is 0.0337. The van der Waals surface area contributed by atoms with Crippen LogP contribution in [0.25, 0.3) is 0 Å². The van der Waals surface area contributed by atoms with E-state index in [4.69, 9.17) is 15.5 Å². The summed E-state index contributed by atoms with van der Waals surface area (Å²) in [5.74, 6) is 5.13. The van der Waals surface area contributed by atoms with Gasteiger partial charge in [0, 0.05) is 19.6 Å². The van der Waals surface area contributed by atoms with Gasteiger partial charge in [-0.25, -0.2) is 5.90 Å². The molecule has 0 radical (unpaired) electrons. The highest BCUT2D eigenvalue weighted by Crippen LogP contribution is 2.13. The van der Waals surface area contributed by atoms with Gasteiger partial charge in [-0.05, 0) is 11.1 Å². The van der Waals surface area contributed by atoms with Crippen LogP contribution in [0, 0.1) is 0 Å². The summed E-state index contributed by atoms with van der Waals surface area (Å²) in [5, 5.41) is 0. The van der Waals surface area contributed by atoms with Gasteiger partial charge in [-0.3, -0.25) is 9.74 Å². The van der Waals surface area contributed by atoms with Crippen LogP contribution in [0.3, 0.4) is 0 Å². The number of hydrogen-bond donors (Lipinski definition) is 1. The van der Waals surface area contributed by atoms with Gasteiger partial charge in [-0.15, -0.1) is 0 Å². The minimum Gasteiger partial charge on any atom is -0.379 e. The molecule has 0 atom stereocenters. The van der Waals surface area contributed by atoms with Crippen molar-refractivity contribution in [1.29, 1.82) is 0 Å². The van der Waals surface area contributed by atoms with E-state index in [1.54, 1.807) is 0 Å². The van der Waals surface area contributed by atoms with Crippen molar-refractivity contribution in [1.82, 2.24) is 4.90 Å². The molecule has 1 heterocycles. The summed E-state index contributed by atoms with van der Waals surface area (Å²) in [5.41, 5.74) is 2.45. The summed E-state index contributed by atoms with van der Waals surface area (Å²) >= 11 is 0. The quantitative estimate of drug-likeness (QED) is 0.769. The second-order valence-corrected chi connectivity index (χ2v) is 3.97. The highest BCUT2D eigenvalue weighted by Gasteiger charge is 2.12. The molecule has 1 aromatic carbocycles. The zero-order valence-electron chi connectivity index (χ0n) is 9.39. The van der Waals surface area contributed by atoms with E-state index < -0.39 is 0 Å². The molecule has 0 aromatic heterocycles. The molecule has 0 bridgehead atoms. The fourth-order valence-corrected chi connectivity index (χ4v) is 1.94. The average Bonchev–Trinajstić information content (AvgIpc) is 2.33. The third-order valence-electron chi connectivity index (χ3n) is 2.85. The fraction of sp³-hybridized carbons (Fsp3) is 0.500. The van der Waals surface area contributed by atoms with Gasteiger partial charge < -0.3 is 4.74 Å². The summed E-state index contributed by atoms with van der Waals surface area (Å²) in [6.07, 6.45) is 0. The second-order valence-electron chi connectivity index (χ2n) is 3.97. The molecule has 0 aliphatic carbocycles. The number of nitrogens with two attached hydrogens (primary N) is 1. The molecule has 1 fully saturated rings. The first kappa shape index (κ1) is 11.5. The van der Waals surface area contributed by atoms with E-state index in [-0.39, 0.29) is 0 Å². The van der Waals surface area contributed by atoms with Gasteiger partial charge in [0.25, 0.3) is 0 Å². The minimum atomic E-state index is 0.473. The van der Waals surface area contributed by atoms with Crippen molar-refractivity contribution in [3.05, 3.63) is 35.4 Å². The van der Waals surface area contributed by atoms with Crippen LogP contribution in [0.4, 0.5) is 0 Å². The van der Waals surface area contributed by atoms with E-state index in [0.29, 0.717) is 6.61 Å². The zero-order chi connectivity index (χ0) is 11.2. The van der Waals surface area contributed by atoms with Crippen molar-refractivity contribution in [2.75, 3.05) is 26.3 Å². The molecule has 16 heavy (non-hydrogen) atoms. The van der Waals surface area contributed by atoms with Gasteiger partial charge in [-0.1, -0.05) is 24.3 Å². The molecule has 0 amide bonds. The third kappa shape index (κ3) is 3.02. The molecule has 0 unspecified atom stereocenters. The van der Waals surface area contributed by atoms with Crippen LogP contribution in [-0.4, -0.2) is 31.2 Å². The first-order valence-electron chi connectivity index (χ1n) is 5.58. The second kappa shape index (κ2) is 5.96. The van der Waals surface area contributed by atoms with E-state index >= 15 is 0 Å². The number of nitrogens with zero attached hydrogens (tertiary/aromatic N) is 1. The van der Waals surface area contributed by atoms with Crippen LogP contribution in [0.1, 0.15) is 11.1 Å². The normalized spacial score (nSPS) is 17.6. The molecule has 1 aliphatic heterocycles. The topological polar surface area (TPSA) is 47.7 Å². The van der Waals surface area contributed by atoms with Gasteiger partial charge in [0.2, 0.25) is 0 Å². The summed E-state index contributed by atoms with van der Waals surface area (Å²) in [6.45, 7) is 5.07. The van der Waals surface area contributed by atoms with Crippen LogP contribution in [0.2, 0.25) is 0 Å². The maximum atomic E-state index is 5.33. The largest absolute Gasteiger partial charge is 0.379 e. The molecular formula is C12H18N2O2. The first-order chi connectivity index (χ1) is 7.90. The van der Waals surface area contributed by atoms with Crippen molar-refractivity contribution in [2.24, 2.45) is 5.90 Å². The Hall–Kier alpha value is -0.940. The molecule has 4 heteroatoms. The Kier molecular flexibility index (Phi) is 4.30. The predicted octanol–water partition coefficient (Wildman–Crippen LogP) is 0.909. The average molecular weight is 222 g/mol. The van der Waals surface area contributed by atoms with Crippen LogP contribution in [0.5, 0.6) is 0 Å². The molecule has 1 saturated heterocycles. The van der Waals surface area contributed by atoms with E-state index in [1.165, 1.54) is 5.56 Å². The zero-order valence-corrected chi connectivity index (χ0v) is 9.39. The van der Waals surface area contributed by atoms with Crippen LogP contribution >= 0.6 is 0 Å². The highest BCUT2D eigenvalue weighted by molar-refractivity contribution is 5.26. The molecule has 2 N–H and O–H groups in total. The molecule has 88 valence electrons. The monoisotopic (exact) mass is 222 g/mol. The van der Waals surface area contributed by atoms with Gasteiger partial charge in [0.1, 0.15) is 0 Å². The lowest BCUT2D eigenvalue weighted by Crippen LogP contribution is -2.35. The molecule has 4 nitrogen and oxygen atoms in total. The van der Waals surface area contributed by atoms with E-state index in [9.17, 15) is 0 Å². The summed E-state index contributed by atoms with van der Waals surface area (Å²) in [4.78, 5) is 7.10. The number of benzene rings is 1. The van der Waals surface area contributed by atoms with Crippen molar-refractivity contribution in [3.63, 3.8) is 0 Å². The fourth-order valence-electron chi connectivity index (χ4n) is 1.94. The molecule has 1 aliphatic rings. The lowest BCUT2D eigenvalue weighted by Gasteiger charge is -2.27. The van der Waals surface area contributed by atoms with Crippen molar-refractivity contribution in [2.45, 2.75) is 13.2 Å². The van der Waals surface area contributed by atoms with Gasteiger partial charge >= 0.3 is 0 Å². The Balaban J connectivity index is 2.01. The summed E-state index contributed by atoms with van der Waals surface area (Å²) in [6, 6.07) is 8.25. The Morgan fingerprint density at radius 1 is 1.19 bits per heavy atom. The van der Waals surface area contributed by atoms with Crippen molar-refractivity contribution < 1.29 is 9.57 Å². The Morgan fingerprint density at radius 3 is 2.56 bits per heavy atom. The number of ether oxygens (including phenoxy) is 1. The Morgan fingerprint density at radius 2 is 1.88 bits per heavy atom. The standard InChI is InChI=1S/C12H18N2O2/c13-16-10-12-4-2-1-3-11(12)9-14-5-7-15-8-6-14/h1-4H,5-10,13H2. The molecule has 0 saturated carbocycles. The molecule has 0 spiro atoms. The molecule has 1 aromatic rings. The van der Waals surface area contributed by atoms with Gasteiger partial charge in [-0.2, -0.15) is 0 Å². The first-order valence-corrected chi connectivity index (χ1v) is 5.58. The number of hydrogen-bond acceptors (Lipinski definition) is 4. The smallest absolute Gasteiger partial charge is 0.0933 e.